The first-order valence-electron chi connectivity index (χ1n) is 12.9. The van der Waals surface area contributed by atoms with Gasteiger partial charge in [-0.2, -0.15) is 4.31 Å². The normalized spacial score (nSPS) is 20.9. The van der Waals surface area contributed by atoms with Crippen LogP contribution in [0.15, 0.2) is 34.1 Å². The zero-order chi connectivity index (χ0) is 26.7. The van der Waals surface area contributed by atoms with Crippen molar-refractivity contribution in [3.05, 3.63) is 35.5 Å². The Hall–Kier alpha value is -1.68. The first-order valence-corrected chi connectivity index (χ1v) is 15.9. The molecule has 1 aromatic carbocycles. The van der Waals surface area contributed by atoms with Gasteiger partial charge in [0.15, 0.2) is 0 Å². The molecule has 1 aromatic heterocycles. The summed E-state index contributed by atoms with van der Waals surface area (Å²) in [7, 11) is -7.53. The average Bonchev–Trinajstić information content (AvgIpc) is 3.08. The quantitative estimate of drug-likeness (QED) is 0.581. The third kappa shape index (κ3) is 5.30. The standard InChI is InChI=1S/C27H41N3O4S2/c1-19-25(35(28,31)32)15-23(30(19)16-20-10-8-7-9-11-20)21-12-13-24-22(14-21)27(5,6)18-29(36(24,33)34)17-26(2,3)4/h12-15,20H,7-11,16-18H2,1-6H3,(H2,28,31,32). The number of nitrogens with two attached hydrogens (primary N) is 1. The van der Waals surface area contributed by atoms with Crippen molar-refractivity contribution < 1.29 is 16.8 Å². The van der Waals surface area contributed by atoms with Crippen molar-refractivity contribution in [3.63, 3.8) is 0 Å². The van der Waals surface area contributed by atoms with Crippen molar-refractivity contribution in [3.8, 4) is 11.3 Å². The summed E-state index contributed by atoms with van der Waals surface area (Å²) in [6, 6.07) is 7.11. The molecule has 0 atom stereocenters. The van der Waals surface area contributed by atoms with Crippen LogP contribution in [0.3, 0.4) is 0 Å². The van der Waals surface area contributed by atoms with E-state index < -0.39 is 25.5 Å². The van der Waals surface area contributed by atoms with Gasteiger partial charge in [-0.15, -0.1) is 0 Å². The van der Waals surface area contributed by atoms with Crippen LogP contribution in [0, 0.1) is 18.3 Å². The molecule has 7 nitrogen and oxygen atoms in total. The molecule has 1 saturated carbocycles. The number of rotatable bonds is 5. The van der Waals surface area contributed by atoms with E-state index in [-0.39, 0.29) is 10.3 Å². The summed E-state index contributed by atoms with van der Waals surface area (Å²) in [6.07, 6.45) is 5.88. The van der Waals surface area contributed by atoms with Crippen molar-refractivity contribution in [2.24, 2.45) is 16.5 Å². The minimum absolute atomic E-state index is 0.134. The van der Waals surface area contributed by atoms with E-state index in [1.807, 2.05) is 39.8 Å². The summed E-state index contributed by atoms with van der Waals surface area (Å²) in [5.74, 6) is 0.484. The van der Waals surface area contributed by atoms with Crippen LogP contribution in [-0.2, 0) is 32.0 Å². The highest BCUT2D eigenvalue weighted by Crippen LogP contribution is 2.42. The average molecular weight is 536 g/mol. The van der Waals surface area contributed by atoms with Crippen molar-refractivity contribution in [2.45, 2.75) is 95.4 Å². The Kier molecular flexibility index (Phi) is 7.03. The molecule has 9 heteroatoms. The Balaban J connectivity index is 1.84. The predicted octanol–water partition coefficient (Wildman–Crippen LogP) is 5.02. The van der Waals surface area contributed by atoms with E-state index in [1.165, 1.54) is 19.3 Å². The van der Waals surface area contributed by atoms with E-state index in [2.05, 4.69) is 18.4 Å². The Labute approximate surface area is 217 Å². The lowest BCUT2D eigenvalue weighted by Crippen LogP contribution is -2.49. The van der Waals surface area contributed by atoms with E-state index in [0.29, 0.717) is 29.6 Å². The molecule has 1 fully saturated rings. The second-order valence-electron chi connectivity index (χ2n) is 12.6. The van der Waals surface area contributed by atoms with Crippen LogP contribution in [0.25, 0.3) is 11.3 Å². The summed E-state index contributed by atoms with van der Waals surface area (Å²) in [5.41, 5.74) is 2.43. The molecule has 2 aliphatic rings. The van der Waals surface area contributed by atoms with E-state index in [9.17, 15) is 16.8 Å². The minimum atomic E-state index is -3.89. The van der Waals surface area contributed by atoms with Crippen molar-refractivity contribution >= 4 is 20.0 Å². The van der Waals surface area contributed by atoms with Gasteiger partial charge in [0.1, 0.15) is 4.90 Å². The zero-order valence-corrected chi connectivity index (χ0v) is 24.1. The summed E-state index contributed by atoms with van der Waals surface area (Å²) in [4.78, 5) is 0.467. The maximum Gasteiger partial charge on any atom is 0.243 e. The Bertz CT molecular complexity index is 1360. The SMILES string of the molecule is Cc1c(S(N)(=O)=O)cc(-c2ccc3c(c2)C(C)(C)CN(CC(C)(C)C)S3(=O)=O)n1CC1CCCCC1. The second-order valence-corrected chi connectivity index (χ2v) is 16.0. The molecule has 0 spiro atoms. The molecule has 0 saturated heterocycles. The first-order chi connectivity index (χ1) is 16.5. The van der Waals surface area contributed by atoms with Gasteiger partial charge in [-0.3, -0.25) is 0 Å². The molecule has 2 N–H and O–H groups in total. The summed E-state index contributed by atoms with van der Waals surface area (Å²) in [5, 5.41) is 5.58. The number of sulfonamides is 2. The minimum Gasteiger partial charge on any atom is -0.343 e. The lowest BCUT2D eigenvalue weighted by Gasteiger charge is -2.41. The predicted molar refractivity (Wildman–Crippen MR) is 144 cm³/mol. The third-order valence-electron chi connectivity index (χ3n) is 7.64. The number of hydrogen-bond acceptors (Lipinski definition) is 4. The van der Waals surface area contributed by atoms with Crippen LogP contribution in [-0.4, -0.2) is 38.8 Å². The van der Waals surface area contributed by atoms with E-state index in [0.717, 1.165) is 36.2 Å². The van der Waals surface area contributed by atoms with Crippen molar-refractivity contribution in [1.82, 2.24) is 8.87 Å². The summed E-state index contributed by atoms with van der Waals surface area (Å²) < 4.78 is 55.6. The molecule has 4 rings (SSSR count). The highest BCUT2D eigenvalue weighted by Gasteiger charge is 2.42. The van der Waals surface area contributed by atoms with Gasteiger partial charge in [-0.25, -0.2) is 22.0 Å². The third-order valence-corrected chi connectivity index (χ3v) is 10.5. The molecule has 0 amide bonds. The summed E-state index contributed by atoms with van der Waals surface area (Å²) >= 11 is 0. The van der Waals surface area contributed by atoms with Crippen LogP contribution in [0.1, 0.15) is 78.0 Å². The van der Waals surface area contributed by atoms with Crippen molar-refractivity contribution in [2.75, 3.05) is 13.1 Å². The number of hydrogen-bond donors (Lipinski definition) is 1. The molecule has 0 bridgehead atoms. The fraction of sp³-hybridized carbons (Fsp3) is 0.630. The van der Waals surface area contributed by atoms with Gasteiger partial charge in [-0.1, -0.05) is 59.9 Å². The highest BCUT2D eigenvalue weighted by atomic mass is 32.2. The summed E-state index contributed by atoms with van der Waals surface area (Å²) in [6.45, 7) is 13.6. The molecule has 2 aromatic rings. The Morgan fingerprint density at radius 2 is 1.72 bits per heavy atom. The van der Waals surface area contributed by atoms with Gasteiger partial charge in [0.05, 0.1) is 4.90 Å². The molecule has 0 unspecified atom stereocenters. The Morgan fingerprint density at radius 3 is 2.31 bits per heavy atom. The largest absolute Gasteiger partial charge is 0.343 e. The van der Waals surface area contributed by atoms with Crippen LogP contribution >= 0.6 is 0 Å². The van der Waals surface area contributed by atoms with Gasteiger partial charge < -0.3 is 4.57 Å². The van der Waals surface area contributed by atoms with Crippen molar-refractivity contribution in [1.29, 1.82) is 0 Å². The molecule has 0 radical (unpaired) electrons. The first kappa shape index (κ1) is 27.4. The maximum absolute atomic E-state index is 13.6. The highest BCUT2D eigenvalue weighted by molar-refractivity contribution is 7.89. The fourth-order valence-electron chi connectivity index (χ4n) is 5.87. The van der Waals surface area contributed by atoms with Gasteiger partial charge in [0, 0.05) is 36.4 Å². The Morgan fingerprint density at radius 1 is 1.08 bits per heavy atom. The van der Waals surface area contributed by atoms with Crippen LogP contribution in [0.5, 0.6) is 0 Å². The van der Waals surface area contributed by atoms with Gasteiger partial charge >= 0.3 is 0 Å². The maximum atomic E-state index is 13.6. The number of fused-ring (bicyclic) bond motifs is 1. The molecular formula is C27H41N3O4S2. The zero-order valence-electron chi connectivity index (χ0n) is 22.5. The number of nitrogens with zero attached hydrogens (tertiary/aromatic N) is 2. The van der Waals surface area contributed by atoms with E-state index >= 15 is 0 Å². The molecule has 1 aliphatic carbocycles. The number of aromatic nitrogens is 1. The van der Waals surface area contributed by atoms with Crippen LogP contribution in [0.2, 0.25) is 0 Å². The smallest absolute Gasteiger partial charge is 0.243 e. The van der Waals surface area contributed by atoms with Crippen LogP contribution in [0.4, 0.5) is 0 Å². The molecule has 200 valence electrons. The molecular weight excluding hydrogens is 494 g/mol. The van der Waals surface area contributed by atoms with E-state index in [1.54, 1.807) is 16.4 Å². The fourth-order valence-corrected chi connectivity index (χ4v) is 8.85. The second kappa shape index (κ2) is 9.26. The topological polar surface area (TPSA) is 102 Å². The lowest BCUT2D eigenvalue weighted by atomic mass is 9.82. The monoisotopic (exact) mass is 535 g/mol. The van der Waals surface area contributed by atoms with Gasteiger partial charge in [-0.05, 0) is 60.4 Å². The number of benzene rings is 1. The van der Waals surface area contributed by atoms with E-state index in [4.69, 9.17) is 5.14 Å². The van der Waals surface area contributed by atoms with Crippen LogP contribution < -0.4 is 5.14 Å². The number of primary sulfonamides is 1. The molecule has 36 heavy (non-hydrogen) atoms. The molecule has 2 heterocycles. The van der Waals surface area contributed by atoms with Gasteiger partial charge in [0.25, 0.3) is 0 Å². The lowest BCUT2D eigenvalue weighted by molar-refractivity contribution is 0.239. The van der Waals surface area contributed by atoms with Gasteiger partial charge in [0.2, 0.25) is 20.0 Å². The molecule has 1 aliphatic heterocycles.